The van der Waals surface area contributed by atoms with Gasteiger partial charge in [-0.15, -0.1) is 0 Å². The lowest BCUT2D eigenvalue weighted by atomic mass is 10.0. The lowest BCUT2D eigenvalue weighted by molar-refractivity contribution is 0.281. The van der Waals surface area contributed by atoms with Crippen LogP contribution >= 0.6 is 0 Å². The Balaban J connectivity index is 1.66. The first-order chi connectivity index (χ1) is 13.5. The van der Waals surface area contributed by atoms with E-state index in [1.54, 1.807) is 16.4 Å². The molecule has 4 heteroatoms. The van der Waals surface area contributed by atoms with Gasteiger partial charge in [-0.1, -0.05) is 83.8 Å². The Kier molecular flexibility index (Phi) is 10.6. The predicted molar refractivity (Wildman–Crippen MR) is 119 cm³/mol. The van der Waals surface area contributed by atoms with Crippen molar-refractivity contribution in [3.63, 3.8) is 0 Å². The summed E-state index contributed by atoms with van der Waals surface area (Å²) in [6, 6.07) is 7.63. The molecule has 0 saturated carbocycles. The number of unbranched alkanes of at least 4 members (excludes halogenated alkanes) is 9. The Hall–Kier alpha value is -0.870. The zero-order valence-electron chi connectivity index (χ0n) is 18.2. The van der Waals surface area contributed by atoms with Gasteiger partial charge in [0.25, 0.3) is 0 Å². The van der Waals surface area contributed by atoms with Crippen molar-refractivity contribution in [2.24, 2.45) is 5.92 Å². The lowest BCUT2D eigenvalue weighted by Crippen LogP contribution is -2.39. The van der Waals surface area contributed by atoms with E-state index in [9.17, 15) is 8.42 Å². The second-order valence-electron chi connectivity index (χ2n) is 8.69. The van der Waals surface area contributed by atoms with Crippen molar-refractivity contribution >= 4 is 10.0 Å². The first kappa shape index (κ1) is 23.4. The van der Waals surface area contributed by atoms with Crippen molar-refractivity contribution in [1.82, 2.24) is 4.31 Å². The predicted octanol–water partition coefficient (Wildman–Crippen LogP) is 6.57. The molecule has 1 atom stereocenters. The smallest absolute Gasteiger partial charge is 0.207 e. The molecule has 1 heterocycles. The second kappa shape index (κ2) is 12.6. The van der Waals surface area contributed by atoms with Crippen LogP contribution in [0.3, 0.4) is 0 Å². The van der Waals surface area contributed by atoms with Gasteiger partial charge in [-0.05, 0) is 49.3 Å². The maximum Gasteiger partial charge on any atom is 0.243 e. The molecule has 3 nitrogen and oxygen atoms in total. The summed E-state index contributed by atoms with van der Waals surface area (Å²) < 4.78 is 27.3. The Morgan fingerprint density at radius 3 is 2.04 bits per heavy atom. The van der Waals surface area contributed by atoms with Gasteiger partial charge in [0.2, 0.25) is 10.0 Å². The number of hydrogen-bond acceptors (Lipinski definition) is 2. The molecule has 28 heavy (non-hydrogen) atoms. The van der Waals surface area contributed by atoms with Crippen molar-refractivity contribution < 1.29 is 8.42 Å². The fourth-order valence-electron chi connectivity index (χ4n) is 4.16. The molecule has 1 unspecified atom stereocenters. The van der Waals surface area contributed by atoms with Gasteiger partial charge < -0.3 is 0 Å². The quantitative estimate of drug-likeness (QED) is 0.347. The first-order valence-corrected chi connectivity index (χ1v) is 13.1. The number of nitrogens with zero attached hydrogens (tertiary/aromatic N) is 1. The van der Waals surface area contributed by atoms with Crippen molar-refractivity contribution in [3.8, 4) is 0 Å². The minimum Gasteiger partial charge on any atom is -0.207 e. The van der Waals surface area contributed by atoms with Gasteiger partial charge in [-0.3, -0.25) is 0 Å². The molecule has 1 fully saturated rings. The van der Waals surface area contributed by atoms with Crippen molar-refractivity contribution in [3.05, 3.63) is 29.8 Å². The topological polar surface area (TPSA) is 37.4 Å². The standard InChI is InChI=1S/C24H41NO2S/c1-3-4-5-6-7-8-9-10-11-12-15-23-16-18-24(19-17-23)28(26,27)25-20-13-14-22(2)21-25/h16-19,22H,3-15,20-21H2,1-2H3. The molecule has 1 aliphatic rings. The summed E-state index contributed by atoms with van der Waals surface area (Å²) in [6.07, 6.45) is 16.6. The number of benzene rings is 1. The summed E-state index contributed by atoms with van der Waals surface area (Å²) in [5, 5.41) is 0. The number of aryl methyl sites for hydroxylation is 1. The summed E-state index contributed by atoms with van der Waals surface area (Å²) in [5.41, 5.74) is 1.26. The zero-order valence-corrected chi connectivity index (χ0v) is 19.0. The first-order valence-electron chi connectivity index (χ1n) is 11.6. The van der Waals surface area contributed by atoms with E-state index in [-0.39, 0.29) is 0 Å². The molecular formula is C24H41NO2S. The van der Waals surface area contributed by atoms with Crippen LogP contribution in [0.2, 0.25) is 0 Å². The number of hydrogen-bond donors (Lipinski definition) is 0. The van der Waals surface area contributed by atoms with Crippen LogP contribution in [-0.2, 0) is 16.4 Å². The van der Waals surface area contributed by atoms with Crippen LogP contribution in [0.1, 0.15) is 96.5 Å². The highest BCUT2D eigenvalue weighted by atomic mass is 32.2. The van der Waals surface area contributed by atoms with E-state index in [4.69, 9.17) is 0 Å². The largest absolute Gasteiger partial charge is 0.243 e. The third-order valence-electron chi connectivity index (χ3n) is 6.00. The maximum absolute atomic E-state index is 12.8. The molecule has 0 aromatic heterocycles. The van der Waals surface area contributed by atoms with Gasteiger partial charge in [0.1, 0.15) is 0 Å². The summed E-state index contributed by atoms with van der Waals surface area (Å²) in [4.78, 5) is 0.452. The molecule has 0 bridgehead atoms. The van der Waals surface area contributed by atoms with Gasteiger partial charge in [0, 0.05) is 13.1 Å². The molecule has 2 rings (SSSR count). The van der Waals surface area contributed by atoms with Crippen LogP contribution in [0.5, 0.6) is 0 Å². The number of rotatable bonds is 13. The van der Waals surface area contributed by atoms with E-state index in [2.05, 4.69) is 13.8 Å². The number of piperidine rings is 1. The minimum atomic E-state index is -3.32. The molecule has 1 saturated heterocycles. The summed E-state index contributed by atoms with van der Waals surface area (Å²) in [6.45, 7) is 5.72. The van der Waals surface area contributed by atoms with Gasteiger partial charge in [-0.25, -0.2) is 8.42 Å². The fourth-order valence-corrected chi connectivity index (χ4v) is 5.76. The molecule has 1 aromatic carbocycles. The van der Waals surface area contributed by atoms with Gasteiger partial charge in [0.05, 0.1) is 4.90 Å². The highest BCUT2D eigenvalue weighted by Crippen LogP contribution is 2.24. The average Bonchev–Trinajstić information content (AvgIpc) is 2.70. The van der Waals surface area contributed by atoms with E-state index >= 15 is 0 Å². The monoisotopic (exact) mass is 407 g/mol. The fraction of sp³-hybridized carbons (Fsp3) is 0.750. The molecular weight excluding hydrogens is 366 g/mol. The summed E-state index contributed by atoms with van der Waals surface area (Å²) >= 11 is 0. The molecule has 160 valence electrons. The average molecular weight is 408 g/mol. The highest BCUT2D eigenvalue weighted by Gasteiger charge is 2.28. The Bertz CT molecular complexity index is 639. The Morgan fingerprint density at radius 1 is 0.893 bits per heavy atom. The van der Waals surface area contributed by atoms with Crippen LogP contribution in [0, 0.1) is 5.92 Å². The van der Waals surface area contributed by atoms with Crippen molar-refractivity contribution in [2.75, 3.05) is 13.1 Å². The van der Waals surface area contributed by atoms with Crippen LogP contribution in [0.4, 0.5) is 0 Å². The SMILES string of the molecule is CCCCCCCCCCCCc1ccc(S(=O)(=O)N2CCCC(C)C2)cc1. The van der Waals surface area contributed by atoms with Gasteiger partial charge >= 0.3 is 0 Å². The Morgan fingerprint density at radius 2 is 1.46 bits per heavy atom. The molecule has 0 radical (unpaired) electrons. The van der Waals surface area contributed by atoms with Crippen LogP contribution in [0.15, 0.2) is 29.2 Å². The maximum atomic E-state index is 12.8. The van der Waals surface area contributed by atoms with E-state index in [1.165, 1.54) is 69.8 Å². The van der Waals surface area contributed by atoms with E-state index in [0.717, 1.165) is 19.3 Å². The molecule has 0 spiro atoms. The minimum absolute atomic E-state index is 0.452. The van der Waals surface area contributed by atoms with Crippen LogP contribution in [0.25, 0.3) is 0 Å². The highest BCUT2D eigenvalue weighted by molar-refractivity contribution is 7.89. The molecule has 0 aliphatic carbocycles. The van der Waals surface area contributed by atoms with E-state index in [1.807, 2.05) is 12.1 Å². The molecule has 1 aliphatic heterocycles. The summed E-state index contributed by atoms with van der Waals surface area (Å²) in [5.74, 6) is 0.458. The zero-order chi connectivity index (χ0) is 20.2. The third kappa shape index (κ3) is 7.87. The summed E-state index contributed by atoms with van der Waals surface area (Å²) in [7, 11) is -3.32. The van der Waals surface area contributed by atoms with Crippen LogP contribution in [-0.4, -0.2) is 25.8 Å². The molecule has 0 N–H and O–H groups in total. The second-order valence-corrected chi connectivity index (χ2v) is 10.6. The van der Waals surface area contributed by atoms with E-state index < -0.39 is 10.0 Å². The van der Waals surface area contributed by atoms with Gasteiger partial charge in [0.15, 0.2) is 0 Å². The number of sulfonamides is 1. The van der Waals surface area contributed by atoms with Crippen molar-refractivity contribution in [2.45, 2.75) is 102 Å². The van der Waals surface area contributed by atoms with Gasteiger partial charge in [-0.2, -0.15) is 4.31 Å². The van der Waals surface area contributed by atoms with Crippen molar-refractivity contribution in [1.29, 1.82) is 0 Å². The van der Waals surface area contributed by atoms with Crippen LogP contribution < -0.4 is 0 Å². The third-order valence-corrected chi connectivity index (χ3v) is 7.88. The van der Waals surface area contributed by atoms with E-state index in [0.29, 0.717) is 23.9 Å². The Labute approximate surface area is 174 Å². The molecule has 1 aromatic rings. The normalized spacial score (nSPS) is 18.4. The molecule has 0 amide bonds. The lowest BCUT2D eigenvalue weighted by Gasteiger charge is -2.30.